The highest BCUT2D eigenvalue weighted by molar-refractivity contribution is 5.35. The molecule has 112 valence electrons. The van der Waals surface area contributed by atoms with Gasteiger partial charge in [0.05, 0.1) is 19.5 Å². The number of benzene rings is 1. The lowest BCUT2D eigenvalue weighted by atomic mass is 10.1. The van der Waals surface area contributed by atoms with Crippen molar-refractivity contribution in [2.45, 2.75) is 25.7 Å². The van der Waals surface area contributed by atoms with Gasteiger partial charge in [-0.3, -0.25) is 0 Å². The van der Waals surface area contributed by atoms with Gasteiger partial charge in [0.1, 0.15) is 0 Å². The quantitative estimate of drug-likeness (QED) is 0.885. The number of hydrogen-bond donors (Lipinski definition) is 1. The highest BCUT2D eigenvalue weighted by Crippen LogP contribution is 2.16. The van der Waals surface area contributed by atoms with E-state index in [2.05, 4.69) is 41.5 Å². The van der Waals surface area contributed by atoms with Crippen LogP contribution in [0.5, 0.6) is 0 Å². The van der Waals surface area contributed by atoms with Crippen molar-refractivity contribution in [3.05, 3.63) is 48.5 Å². The second-order valence-electron chi connectivity index (χ2n) is 5.20. The van der Waals surface area contributed by atoms with Gasteiger partial charge in [0.25, 0.3) is 0 Å². The van der Waals surface area contributed by atoms with E-state index in [1.54, 1.807) is 12.5 Å². The monoisotopic (exact) mass is 287 g/mol. The number of nitrogens with zero attached hydrogens (tertiary/aromatic N) is 2. The summed E-state index contributed by atoms with van der Waals surface area (Å²) in [6, 6.07) is 8.82. The maximum absolute atomic E-state index is 5.43. The number of ether oxygens (including phenoxy) is 2. The van der Waals surface area contributed by atoms with Crippen LogP contribution in [-0.2, 0) is 9.47 Å². The summed E-state index contributed by atoms with van der Waals surface area (Å²) in [5.41, 5.74) is 2.39. The third kappa shape index (κ3) is 3.69. The topological polar surface area (TPSA) is 48.3 Å². The maximum atomic E-state index is 5.43. The van der Waals surface area contributed by atoms with Crippen LogP contribution in [0, 0.1) is 0 Å². The van der Waals surface area contributed by atoms with Gasteiger partial charge in [0, 0.05) is 37.1 Å². The van der Waals surface area contributed by atoms with Crippen LogP contribution >= 0.6 is 0 Å². The number of hydrogen-bond acceptors (Lipinski definition) is 4. The first-order valence-corrected chi connectivity index (χ1v) is 7.38. The highest BCUT2D eigenvalue weighted by Gasteiger charge is 2.15. The fourth-order valence-electron chi connectivity index (χ4n) is 2.46. The van der Waals surface area contributed by atoms with E-state index in [1.165, 1.54) is 5.56 Å². The largest absolute Gasteiger partial charge is 0.350 e. The zero-order chi connectivity index (χ0) is 14.5. The minimum absolute atomic E-state index is 0.0340. The molecular weight excluding hydrogens is 266 g/mol. The molecule has 0 aliphatic carbocycles. The molecule has 21 heavy (non-hydrogen) atoms. The molecule has 0 amide bonds. The molecule has 0 bridgehead atoms. The normalized spacial score (nSPS) is 17.2. The van der Waals surface area contributed by atoms with Crippen molar-refractivity contribution < 1.29 is 9.47 Å². The molecule has 1 saturated heterocycles. The fourth-order valence-corrected chi connectivity index (χ4v) is 2.46. The van der Waals surface area contributed by atoms with E-state index in [0.29, 0.717) is 6.04 Å². The van der Waals surface area contributed by atoms with Gasteiger partial charge in [-0.15, -0.1) is 0 Å². The van der Waals surface area contributed by atoms with Crippen LogP contribution in [-0.4, -0.2) is 35.6 Å². The van der Waals surface area contributed by atoms with E-state index in [9.17, 15) is 0 Å². The van der Waals surface area contributed by atoms with Gasteiger partial charge in [0.15, 0.2) is 6.29 Å². The van der Waals surface area contributed by atoms with Gasteiger partial charge in [-0.05, 0) is 24.6 Å². The first-order valence-electron chi connectivity index (χ1n) is 7.38. The van der Waals surface area contributed by atoms with E-state index in [4.69, 9.17) is 9.47 Å². The summed E-state index contributed by atoms with van der Waals surface area (Å²) < 4.78 is 12.8. The lowest BCUT2D eigenvalue weighted by molar-refractivity contribution is -0.0462. The summed E-state index contributed by atoms with van der Waals surface area (Å²) in [7, 11) is 0. The summed E-state index contributed by atoms with van der Waals surface area (Å²) >= 11 is 0. The molecule has 1 aliphatic heterocycles. The Morgan fingerprint density at radius 1 is 1.29 bits per heavy atom. The predicted octanol–water partition coefficient (Wildman–Crippen LogP) is 2.29. The van der Waals surface area contributed by atoms with Crippen molar-refractivity contribution in [1.29, 1.82) is 0 Å². The lowest BCUT2D eigenvalue weighted by Gasteiger charge is -2.16. The molecule has 1 aromatic carbocycles. The SMILES string of the molecule is CC(NCCC1OCCO1)c1ccc(-n2ccnc2)cc1. The number of imidazole rings is 1. The minimum Gasteiger partial charge on any atom is -0.350 e. The molecule has 0 spiro atoms. The third-order valence-corrected chi connectivity index (χ3v) is 3.72. The van der Waals surface area contributed by atoms with Crippen LogP contribution in [0.2, 0.25) is 0 Å². The second-order valence-corrected chi connectivity index (χ2v) is 5.20. The Labute approximate surface area is 124 Å². The molecular formula is C16H21N3O2. The smallest absolute Gasteiger partial charge is 0.159 e. The molecule has 2 aromatic rings. The summed E-state index contributed by atoms with van der Waals surface area (Å²) in [5.74, 6) is 0. The molecule has 3 rings (SSSR count). The molecule has 5 heteroatoms. The molecule has 1 aromatic heterocycles. The minimum atomic E-state index is -0.0340. The van der Waals surface area contributed by atoms with Gasteiger partial charge in [0.2, 0.25) is 0 Å². The van der Waals surface area contributed by atoms with Crippen molar-refractivity contribution in [2.75, 3.05) is 19.8 Å². The van der Waals surface area contributed by atoms with Gasteiger partial charge in [-0.2, -0.15) is 0 Å². The number of nitrogens with one attached hydrogen (secondary N) is 1. The Kier molecular flexibility index (Phi) is 4.65. The second kappa shape index (κ2) is 6.85. The Balaban J connectivity index is 1.51. The molecule has 1 fully saturated rings. The van der Waals surface area contributed by atoms with E-state index in [1.807, 2.05) is 10.8 Å². The van der Waals surface area contributed by atoms with Crippen LogP contribution in [0.3, 0.4) is 0 Å². The summed E-state index contributed by atoms with van der Waals surface area (Å²) in [4.78, 5) is 4.06. The van der Waals surface area contributed by atoms with Crippen molar-refractivity contribution in [3.8, 4) is 5.69 Å². The number of aromatic nitrogens is 2. The van der Waals surface area contributed by atoms with E-state index < -0.39 is 0 Å². The zero-order valence-corrected chi connectivity index (χ0v) is 12.2. The van der Waals surface area contributed by atoms with Crippen LogP contribution in [0.15, 0.2) is 43.0 Å². The van der Waals surface area contributed by atoms with Crippen molar-refractivity contribution in [3.63, 3.8) is 0 Å². The summed E-state index contributed by atoms with van der Waals surface area (Å²) in [6.07, 6.45) is 6.38. The summed E-state index contributed by atoms with van der Waals surface area (Å²) in [5, 5.41) is 3.50. The molecule has 5 nitrogen and oxygen atoms in total. The average molecular weight is 287 g/mol. The molecule has 1 aliphatic rings. The van der Waals surface area contributed by atoms with Crippen molar-refractivity contribution in [1.82, 2.24) is 14.9 Å². The Morgan fingerprint density at radius 2 is 2.05 bits per heavy atom. The van der Waals surface area contributed by atoms with Gasteiger partial charge < -0.3 is 19.4 Å². The Morgan fingerprint density at radius 3 is 2.71 bits per heavy atom. The van der Waals surface area contributed by atoms with E-state index in [-0.39, 0.29) is 6.29 Å². The zero-order valence-electron chi connectivity index (χ0n) is 12.2. The average Bonchev–Trinajstić information content (AvgIpc) is 3.21. The summed E-state index contributed by atoms with van der Waals surface area (Å²) in [6.45, 7) is 4.49. The Hall–Kier alpha value is -1.69. The van der Waals surface area contributed by atoms with Crippen molar-refractivity contribution >= 4 is 0 Å². The van der Waals surface area contributed by atoms with Crippen LogP contribution in [0.4, 0.5) is 0 Å². The number of rotatable bonds is 6. The van der Waals surface area contributed by atoms with Crippen molar-refractivity contribution in [2.24, 2.45) is 0 Å². The van der Waals surface area contributed by atoms with Gasteiger partial charge >= 0.3 is 0 Å². The van der Waals surface area contributed by atoms with E-state index >= 15 is 0 Å². The van der Waals surface area contributed by atoms with Crippen LogP contribution < -0.4 is 5.32 Å². The highest BCUT2D eigenvalue weighted by atomic mass is 16.7. The molecule has 0 radical (unpaired) electrons. The van der Waals surface area contributed by atoms with Gasteiger partial charge in [-0.1, -0.05) is 12.1 Å². The fraction of sp³-hybridized carbons (Fsp3) is 0.438. The van der Waals surface area contributed by atoms with Crippen LogP contribution in [0.25, 0.3) is 5.69 Å². The third-order valence-electron chi connectivity index (χ3n) is 3.72. The first kappa shape index (κ1) is 14.3. The molecule has 2 heterocycles. The molecule has 0 saturated carbocycles. The van der Waals surface area contributed by atoms with E-state index in [0.717, 1.165) is 31.9 Å². The Bertz CT molecular complexity index is 533. The molecule has 1 unspecified atom stereocenters. The van der Waals surface area contributed by atoms with Gasteiger partial charge in [-0.25, -0.2) is 4.98 Å². The first-order chi connectivity index (χ1) is 10.3. The standard InChI is InChI=1S/C16H21N3O2/c1-13(18-7-6-16-20-10-11-21-16)14-2-4-15(5-3-14)19-9-8-17-12-19/h2-5,8-9,12-13,16,18H,6-7,10-11H2,1H3. The lowest BCUT2D eigenvalue weighted by Crippen LogP contribution is -2.24. The molecule has 1 atom stereocenters. The van der Waals surface area contributed by atoms with Crippen LogP contribution in [0.1, 0.15) is 24.9 Å². The molecule has 1 N–H and O–H groups in total. The predicted molar refractivity (Wildman–Crippen MR) is 80.3 cm³/mol. The maximum Gasteiger partial charge on any atom is 0.159 e.